The molecule has 0 atom stereocenters. The monoisotopic (exact) mass is 435 g/mol. The summed E-state index contributed by atoms with van der Waals surface area (Å²) in [6.45, 7) is 5.20. The molecule has 31 heavy (non-hydrogen) atoms. The second kappa shape index (κ2) is 7.59. The van der Waals surface area contributed by atoms with Crippen LogP contribution in [0.2, 0.25) is 0 Å². The van der Waals surface area contributed by atoms with Gasteiger partial charge in [-0.05, 0) is 43.7 Å². The van der Waals surface area contributed by atoms with Crippen molar-refractivity contribution < 1.29 is 14.4 Å². The summed E-state index contributed by atoms with van der Waals surface area (Å²) in [6, 6.07) is 8.90. The highest BCUT2D eigenvalue weighted by atomic mass is 32.1. The number of thiazole rings is 1. The summed E-state index contributed by atoms with van der Waals surface area (Å²) in [5, 5.41) is 7.64. The van der Waals surface area contributed by atoms with E-state index in [0.717, 1.165) is 22.5 Å². The summed E-state index contributed by atoms with van der Waals surface area (Å²) in [5.41, 5.74) is 3.21. The first-order valence-corrected chi connectivity index (χ1v) is 10.5. The first-order valence-electron chi connectivity index (χ1n) is 9.60. The molecule has 1 aliphatic rings. The Morgan fingerprint density at radius 1 is 1.13 bits per heavy atom. The van der Waals surface area contributed by atoms with Crippen molar-refractivity contribution in [3.05, 3.63) is 53.0 Å². The summed E-state index contributed by atoms with van der Waals surface area (Å²) >= 11 is 1.31. The number of fused-ring (bicyclic) bond motifs is 1. The van der Waals surface area contributed by atoms with Gasteiger partial charge in [0.15, 0.2) is 5.13 Å². The van der Waals surface area contributed by atoms with Gasteiger partial charge in [-0.15, -0.1) is 11.3 Å². The number of carbonyl (C=O) groups excluding carboxylic acids is 3. The van der Waals surface area contributed by atoms with Gasteiger partial charge in [-0.25, -0.2) is 9.97 Å². The van der Waals surface area contributed by atoms with E-state index in [4.69, 9.17) is 0 Å². The molecule has 1 aliphatic heterocycles. The number of pyridine rings is 1. The highest BCUT2D eigenvalue weighted by Crippen LogP contribution is 2.42. The maximum absolute atomic E-state index is 12.6. The zero-order valence-corrected chi connectivity index (χ0v) is 18.3. The largest absolute Gasteiger partial charge is 0.314 e. The van der Waals surface area contributed by atoms with Crippen LogP contribution in [0.5, 0.6) is 0 Å². The molecule has 0 aliphatic carbocycles. The van der Waals surface area contributed by atoms with Crippen LogP contribution in [0, 0.1) is 0 Å². The molecule has 2 N–H and O–H groups in total. The van der Waals surface area contributed by atoms with Crippen LogP contribution in [0.3, 0.4) is 0 Å². The Balaban J connectivity index is 1.55. The maximum Gasteiger partial charge on any atom is 0.257 e. The molecule has 3 heterocycles. The lowest BCUT2D eigenvalue weighted by molar-refractivity contribution is -0.121. The summed E-state index contributed by atoms with van der Waals surface area (Å²) < 4.78 is 0. The average molecular weight is 436 g/mol. The van der Waals surface area contributed by atoms with Crippen LogP contribution in [0.15, 0.2) is 41.9 Å². The summed E-state index contributed by atoms with van der Waals surface area (Å²) in [6.07, 6.45) is 1.46. The number of nitrogens with one attached hydrogen (secondary N) is 2. The second-order valence-corrected chi connectivity index (χ2v) is 8.68. The number of aromatic nitrogens is 2. The minimum atomic E-state index is -0.597. The second-order valence-electron chi connectivity index (χ2n) is 7.82. The standard InChI is InChI=1S/C22H21N5O3S/c1-12(28)24-18-10-14(7-8-23-18)19(29)26-21-25-16(11-31-21)13-5-6-17-15(9-13)22(2,3)20(30)27(17)4/h5-11H,1-4H3,(H,23,24,28)(H,25,26,29). The fourth-order valence-corrected chi connectivity index (χ4v) is 4.30. The van der Waals surface area contributed by atoms with Crippen molar-refractivity contribution >= 4 is 45.7 Å². The van der Waals surface area contributed by atoms with E-state index in [1.807, 2.05) is 37.4 Å². The fourth-order valence-electron chi connectivity index (χ4n) is 3.59. The van der Waals surface area contributed by atoms with Crippen molar-refractivity contribution in [2.45, 2.75) is 26.2 Å². The number of anilines is 3. The molecule has 2 aromatic heterocycles. The van der Waals surface area contributed by atoms with E-state index < -0.39 is 5.41 Å². The smallest absolute Gasteiger partial charge is 0.257 e. The Labute approximate surface area is 183 Å². The van der Waals surface area contributed by atoms with Crippen molar-refractivity contribution in [3.63, 3.8) is 0 Å². The molecule has 4 rings (SSSR count). The van der Waals surface area contributed by atoms with E-state index in [1.54, 1.807) is 18.0 Å². The minimum Gasteiger partial charge on any atom is -0.314 e. The SMILES string of the molecule is CC(=O)Nc1cc(C(=O)Nc2nc(-c3ccc4c(c3)C(C)(C)C(=O)N4C)cs2)ccn1. The lowest BCUT2D eigenvalue weighted by atomic mass is 9.85. The number of likely N-dealkylation sites (N-methyl/N-ethyl adjacent to an activating group) is 1. The molecule has 0 saturated carbocycles. The van der Waals surface area contributed by atoms with Crippen molar-refractivity contribution in [2.24, 2.45) is 0 Å². The molecule has 1 aromatic carbocycles. The third-order valence-corrected chi connectivity index (χ3v) is 5.97. The van der Waals surface area contributed by atoms with Gasteiger partial charge in [0.2, 0.25) is 11.8 Å². The lowest BCUT2D eigenvalue weighted by Crippen LogP contribution is -2.33. The molecule has 0 bridgehead atoms. The van der Waals surface area contributed by atoms with Gasteiger partial charge in [0.05, 0.1) is 11.1 Å². The molecule has 3 aromatic rings. The van der Waals surface area contributed by atoms with Crippen molar-refractivity contribution in [2.75, 3.05) is 22.6 Å². The van der Waals surface area contributed by atoms with Gasteiger partial charge in [-0.1, -0.05) is 6.07 Å². The molecular formula is C22H21N5O3S. The molecule has 3 amide bonds. The highest BCUT2D eigenvalue weighted by Gasteiger charge is 2.42. The van der Waals surface area contributed by atoms with E-state index >= 15 is 0 Å². The lowest BCUT2D eigenvalue weighted by Gasteiger charge is -2.16. The Bertz CT molecular complexity index is 1220. The Morgan fingerprint density at radius 3 is 2.65 bits per heavy atom. The number of hydrogen-bond donors (Lipinski definition) is 2. The summed E-state index contributed by atoms with van der Waals surface area (Å²) in [4.78, 5) is 46.5. The van der Waals surface area contributed by atoms with E-state index in [1.165, 1.54) is 30.5 Å². The van der Waals surface area contributed by atoms with Crippen LogP contribution < -0.4 is 15.5 Å². The summed E-state index contributed by atoms with van der Waals surface area (Å²) in [7, 11) is 1.78. The molecule has 158 valence electrons. The third kappa shape index (κ3) is 3.79. The Morgan fingerprint density at radius 2 is 1.90 bits per heavy atom. The van der Waals surface area contributed by atoms with Crippen LogP contribution in [0.1, 0.15) is 36.7 Å². The first kappa shape index (κ1) is 20.7. The number of carbonyl (C=O) groups is 3. The van der Waals surface area contributed by atoms with Gasteiger partial charge >= 0.3 is 0 Å². The van der Waals surface area contributed by atoms with Crippen LogP contribution in [-0.4, -0.2) is 34.7 Å². The van der Waals surface area contributed by atoms with Crippen LogP contribution in [0.25, 0.3) is 11.3 Å². The van der Waals surface area contributed by atoms with Gasteiger partial charge in [-0.3, -0.25) is 19.7 Å². The van der Waals surface area contributed by atoms with Crippen molar-refractivity contribution in [3.8, 4) is 11.3 Å². The number of hydrogen-bond acceptors (Lipinski definition) is 6. The van der Waals surface area contributed by atoms with Gasteiger partial charge < -0.3 is 10.2 Å². The topological polar surface area (TPSA) is 104 Å². The number of benzene rings is 1. The van der Waals surface area contributed by atoms with Gasteiger partial charge in [-0.2, -0.15) is 0 Å². The molecule has 0 fully saturated rings. The number of nitrogens with zero attached hydrogens (tertiary/aromatic N) is 3. The van der Waals surface area contributed by atoms with Gasteiger partial charge in [0, 0.05) is 42.4 Å². The third-order valence-electron chi connectivity index (χ3n) is 5.22. The summed E-state index contributed by atoms with van der Waals surface area (Å²) in [5.74, 6) is -0.251. The van der Waals surface area contributed by atoms with Crippen molar-refractivity contribution in [1.29, 1.82) is 0 Å². The van der Waals surface area contributed by atoms with Crippen molar-refractivity contribution in [1.82, 2.24) is 9.97 Å². The van der Waals surface area contributed by atoms with Crippen LogP contribution in [0.4, 0.5) is 16.6 Å². The minimum absolute atomic E-state index is 0.0573. The zero-order valence-electron chi connectivity index (χ0n) is 17.5. The predicted octanol–water partition coefficient (Wildman–Crippen LogP) is 3.67. The molecule has 0 radical (unpaired) electrons. The van der Waals surface area contributed by atoms with Crippen LogP contribution >= 0.6 is 11.3 Å². The normalized spacial score (nSPS) is 14.3. The van der Waals surface area contributed by atoms with E-state index in [2.05, 4.69) is 20.6 Å². The zero-order chi connectivity index (χ0) is 22.3. The maximum atomic E-state index is 12.6. The van der Waals surface area contributed by atoms with E-state index in [-0.39, 0.29) is 17.7 Å². The predicted molar refractivity (Wildman–Crippen MR) is 120 cm³/mol. The number of amides is 3. The molecular weight excluding hydrogens is 414 g/mol. The molecule has 0 saturated heterocycles. The highest BCUT2D eigenvalue weighted by molar-refractivity contribution is 7.14. The molecule has 0 unspecified atom stereocenters. The average Bonchev–Trinajstić information content (AvgIpc) is 3.25. The Hall–Kier alpha value is -3.59. The fraction of sp³-hybridized carbons (Fsp3) is 0.227. The van der Waals surface area contributed by atoms with E-state index in [9.17, 15) is 14.4 Å². The van der Waals surface area contributed by atoms with E-state index in [0.29, 0.717) is 16.5 Å². The molecule has 8 nitrogen and oxygen atoms in total. The Kier molecular flexibility index (Phi) is 5.06. The molecule has 0 spiro atoms. The van der Waals surface area contributed by atoms with Gasteiger partial charge in [0.1, 0.15) is 5.82 Å². The van der Waals surface area contributed by atoms with Gasteiger partial charge in [0.25, 0.3) is 5.91 Å². The molecule has 9 heteroatoms. The number of rotatable bonds is 4. The first-order chi connectivity index (χ1) is 14.7. The van der Waals surface area contributed by atoms with Crippen LogP contribution in [-0.2, 0) is 15.0 Å². The quantitative estimate of drug-likeness (QED) is 0.651.